The van der Waals surface area contributed by atoms with E-state index in [2.05, 4.69) is 9.97 Å². The Morgan fingerprint density at radius 1 is 1.20 bits per heavy atom. The summed E-state index contributed by atoms with van der Waals surface area (Å²) in [5, 5.41) is 0.868. The molecule has 2 aromatic carbocycles. The summed E-state index contributed by atoms with van der Waals surface area (Å²) in [4.78, 5) is 22.6. The summed E-state index contributed by atoms with van der Waals surface area (Å²) in [6, 6.07) is 15.3. The molecule has 1 atom stereocenters. The molecule has 158 valence electrons. The molecule has 8 heteroatoms. The van der Waals surface area contributed by atoms with Crippen molar-refractivity contribution in [1.29, 1.82) is 0 Å². The molecule has 1 N–H and O–H groups in total. The number of benzene rings is 2. The van der Waals surface area contributed by atoms with Crippen molar-refractivity contribution < 1.29 is 13.2 Å². The molecule has 0 aliphatic carbocycles. The number of imidazole rings is 1. The second-order valence-electron chi connectivity index (χ2n) is 7.60. The van der Waals surface area contributed by atoms with Gasteiger partial charge in [-0.25, -0.2) is 13.4 Å². The van der Waals surface area contributed by atoms with Gasteiger partial charge in [0.15, 0.2) is 15.0 Å². The third kappa shape index (κ3) is 4.70. The molecule has 6 nitrogen and oxygen atoms in total. The molecule has 2 heterocycles. The van der Waals surface area contributed by atoms with Crippen LogP contribution in [0, 0.1) is 0 Å². The maximum absolute atomic E-state index is 13.0. The molecule has 3 aromatic rings. The third-order valence-electron chi connectivity index (χ3n) is 5.32. The van der Waals surface area contributed by atoms with Crippen molar-refractivity contribution in [2.75, 3.05) is 18.1 Å². The van der Waals surface area contributed by atoms with E-state index in [4.69, 9.17) is 0 Å². The monoisotopic (exact) mass is 443 g/mol. The van der Waals surface area contributed by atoms with Gasteiger partial charge in [0, 0.05) is 23.9 Å². The lowest BCUT2D eigenvalue weighted by Crippen LogP contribution is -2.41. The summed E-state index contributed by atoms with van der Waals surface area (Å²) >= 11 is 1.62. The number of sulfone groups is 1. The van der Waals surface area contributed by atoms with Gasteiger partial charge in [-0.1, -0.05) is 43.0 Å². The zero-order valence-corrected chi connectivity index (χ0v) is 18.5. The SMILES string of the molecule is CCCN(C(=O)c1ccc(CSc2nc3ccccc3[nH]2)cc1)C1CCS(=O)(=O)C1. The number of carbonyl (C=O) groups is 1. The Balaban J connectivity index is 1.41. The number of fused-ring (bicyclic) bond motifs is 1. The van der Waals surface area contributed by atoms with Gasteiger partial charge < -0.3 is 9.88 Å². The molecule has 1 unspecified atom stereocenters. The van der Waals surface area contributed by atoms with Crippen molar-refractivity contribution in [3.8, 4) is 0 Å². The highest BCUT2D eigenvalue weighted by molar-refractivity contribution is 7.98. The van der Waals surface area contributed by atoms with Crippen LogP contribution in [0.4, 0.5) is 0 Å². The second kappa shape index (κ2) is 8.81. The number of nitrogens with one attached hydrogen (secondary N) is 1. The van der Waals surface area contributed by atoms with Crippen molar-refractivity contribution in [3.63, 3.8) is 0 Å². The molecular formula is C22H25N3O3S2. The normalized spacial score (nSPS) is 18.0. The standard InChI is InChI=1S/C22H25N3O3S2/c1-2-12-25(18-11-13-30(27,28)15-18)21(26)17-9-7-16(8-10-17)14-29-22-23-19-5-3-4-6-20(19)24-22/h3-10,18H,2,11-15H2,1H3,(H,23,24). The molecule has 1 saturated heterocycles. The zero-order valence-electron chi connectivity index (χ0n) is 16.9. The van der Waals surface area contributed by atoms with Gasteiger partial charge in [0.2, 0.25) is 0 Å². The molecule has 0 radical (unpaired) electrons. The number of thioether (sulfide) groups is 1. The van der Waals surface area contributed by atoms with E-state index in [1.807, 2.05) is 55.5 Å². The van der Waals surface area contributed by atoms with Gasteiger partial charge in [-0.2, -0.15) is 0 Å². The Kier molecular flexibility index (Phi) is 6.15. The molecule has 30 heavy (non-hydrogen) atoms. The summed E-state index contributed by atoms with van der Waals surface area (Å²) in [7, 11) is -3.03. The third-order valence-corrected chi connectivity index (χ3v) is 8.01. The van der Waals surface area contributed by atoms with E-state index < -0.39 is 9.84 Å². The van der Waals surface area contributed by atoms with Gasteiger partial charge in [0.1, 0.15) is 0 Å². The fourth-order valence-corrected chi connectivity index (χ4v) is 6.34. The first kappa shape index (κ1) is 20.9. The predicted molar refractivity (Wildman–Crippen MR) is 120 cm³/mol. The lowest BCUT2D eigenvalue weighted by molar-refractivity contribution is 0.0697. The van der Waals surface area contributed by atoms with Gasteiger partial charge in [0.05, 0.1) is 22.5 Å². The minimum Gasteiger partial charge on any atom is -0.335 e. The first-order chi connectivity index (χ1) is 14.4. The number of hydrogen-bond donors (Lipinski definition) is 1. The largest absolute Gasteiger partial charge is 0.335 e. The van der Waals surface area contributed by atoms with E-state index in [0.29, 0.717) is 18.5 Å². The van der Waals surface area contributed by atoms with Crippen LogP contribution < -0.4 is 0 Å². The molecule has 0 saturated carbocycles. The topological polar surface area (TPSA) is 83.1 Å². The highest BCUT2D eigenvalue weighted by Gasteiger charge is 2.34. The number of nitrogens with zero attached hydrogens (tertiary/aromatic N) is 2. The van der Waals surface area contributed by atoms with Crippen LogP contribution in [-0.2, 0) is 15.6 Å². The van der Waals surface area contributed by atoms with E-state index in [1.165, 1.54) is 0 Å². The molecule has 0 bridgehead atoms. The van der Waals surface area contributed by atoms with Crippen LogP contribution >= 0.6 is 11.8 Å². The van der Waals surface area contributed by atoms with E-state index in [-0.39, 0.29) is 23.5 Å². The summed E-state index contributed by atoms with van der Waals surface area (Å²) < 4.78 is 23.7. The minimum atomic E-state index is -3.03. The quantitative estimate of drug-likeness (QED) is 0.560. The molecule has 1 aliphatic heterocycles. The Hall–Kier alpha value is -2.32. The first-order valence-corrected chi connectivity index (χ1v) is 12.9. The average Bonchev–Trinajstić information content (AvgIpc) is 3.32. The van der Waals surface area contributed by atoms with Crippen LogP contribution in [0.1, 0.15) is 35.7 Å². The number of rotatable bonds is 7. The van der Waals surface area contributed by atoms with Crippen LogP contribution in [0.25, 0.3) is 11.0 Å². The fourth-order valence-electron chi connectivity index (χ4n) is 3.77. The average molecular weight is 444 g/mol. The number of amides is 1. The van der Waals surface area contributed by atoms with Crippen LogP contribution in [-0.4, -0.2) is 53.3 Å². The van der Waals surface area contributed by atoms with Crippen LogP contribution in [0.15, 0.2) is 53.7 Å². The first-order valence-electron chi connectivity index (χ1n) is 10.1. The van der Waals surface area contributed by atoms with E-state index in [9.17, 15) is 13.2 Å². The van der Waals surface area contributed by atoms with Crippen LogP contribution in [0.5, 0.6) is 0 Å². The maximum atomic E-state index is 13.0. The molecule has 1 aliphatic rings. The van der Waals surface area contributed by atoms with Gasteiger partial charge >= 0.3 is 0 Å². The van der Waals surface area contributed by atoms with Gasteiger partial charge in [-0.15, -0.1) is 0 Å². The number of carbonyl (C=O) groups excluding carboxylic acids is 1. The number of aromatic nitrogens is 2. The summed E-state index contributed by atoms with van der Waals surface area (Å²) in [6.45, 7) is 2.57. The maximum Gasteiger partial charge on any atom is 0.254 e. The number of para-hydroxylation sites is 2. The van der Waals surface area contributed by atoms with Crippen LogP contribution in [0.3, 0.4) is 0 Å². The minimum absolute atomic E-state index is 0.0744. The second-order valence-corrected chi connectivity index (χ2v) is 10.8. The molecule has 1 fully saturated rings. The highest BCUT2D eigenvalue weighted by atomic mass is 32.2. The van der Waals surface area contributed by atoms with Crippen molar-refractivity contribution in [2.45, 2.75) is 36.7 Å². The van der Waals surface area contributed by atoms with Gasteiger partial charge in [-0.3, -0.25) is 4.79 Å². The molecule has 1 aromatic heterocycles. The summed E-state index contributed by atoms with van der Waals surface area (Å²) in [5.74, 6) is 0.900. The van der Waals surface area contributed by atoms with E-state index in [1.54, 1.807) is 16.7 Å². The van der Waals surface area contributed by atoms with Crippen molar-refractivity contribution in [1.82, 2.24) is 14.9 Å². The molecular weight excluding hydrogens is 418 g/mol. The van der Waals surface area contributed by atoms with Gasteiger partial charge in [0.25, 0.3) is 5.91 Å². The van der Waals surface area contributed by atoms with Crippen LogP contribution in [0.2, 0.25) is 0 Å². The smallest absolute Gasteiger partial charge is 0.254 e. The number of hydrogen-bond acceptors (Lipinski definition) is 5. The fraction of sp³-hybridized carbons (Fsp3) is 0.364. The Bertz CT molecular complexity index is 1110. The van der Waals surface area contributed by atoms with Crippen molar-refractivity contribution in [3.05, 3.63) is 59.7 Å². The Morgan fingerprint density at radius 2 is 1.97 bits per heavy atom. The summed E-state index contributed by atoms with van der Waals surface area (Å²) in [5.41, 5.74) is 3.67. The van der Waals surface area contributed by atoms with E-state index >= 15 is 0 Å². The van der Waals surface area contributed by atoms with Gasteiger partial charge in [-0.05, 0) is 42.7 Å². The van der Waals surface area contributed by atoms with Crippen molar-refractivity contribution >= 4 is 38.5 Å². The number of H-pyrrole nitrogens is 1. The summed E-state index contributed by atoms with van der Waals surface area (Å²) in [6.07, 6.45) is 1.33. The van der Waals surface area contributed by atoms with E-state index in [0.717, 1.165) is 33.9 Å². The predicted octanol–water partition coefficient (Wildman–Crippen LogP) is 3.89. The lowest BCUT2D eigenvalue weighted by Gasteiger charge is -2.28. The lowest BCUT2D eigenvalue weighted by atomic mass is 10.1. The molecule has 4 rings (SSSR count). The Labute approximate surface area is 181 Å². The number of aromatic amines is 1. The zero-order chi connectivity index (χ0) is 21.1. The van der Waals surface area contributed by atoms with Crippen molar-refractivity contribution in [2.24, 2.45) is 0 Å². The molecule has 1 amide bonds. The molecule has 0 spiro atoms. The highest BCUT2D eigenvalue weighted by Crippen LogP contribution is 2.24. The Morgan fingerprint density at radius 3 is 2.63 bits per heavy atom.